The quantitative estimate of drug-likeness (QED) is 0.374. The van der Waals surface area contributed by atoms with Crippen LogP contribution < -0.4 is 5.32 Å². The van der Waals surface area contributed by atoms with E-state index in [1.54, 1.807) is 0 Å². The number of nitriles is 1. The van der Waals surface area contributed by atoms with E-state index in [2.05, 4.69) is 0 Å². The van der Waals surface area contributed by atoms with Crippen LogP contribution >= 0.6 is 11.6 Å². The number of nitrogens with one attached hydrogen (secondary N) is 1. The molecule has 0 aliphatic heterocycles. The second-order valence-electron chi connectivity index (χ2n) is 2.57. The van der Waals surface area contributed by atoms with Gasteiger partial charge in [-0.2, -0.15) is 5.26 Å². The highest BCUT2D eigenvalue weighted by Crippen LogP contribution is 2.36. The molecule has 1 aromatic rings. The first kappa shape index (κ1) is 11.7. The molecule has 0 fully saturated rings. The van der Waals surface area contributed by atoms with E-state index in [1.807, 2.05) is 5.32 Å². The fraction of sp³-hybridized carbons (Fsp3) is 0. The van der Waals surface area contributed by atoms with Gasteiger partial charge in [-0.25, -0.2) is 0 Å². The van der Waals surface area contributed by atoms with Crippen LogP contribution in [0.4, 0.5) is 17.1 Å². The maximum absolute atomic E-state index is 10.6. The Hall–Kier alpha value is -2.40. The van der Waals surface area contributed by atoms with Crippen LogP contribution in [-0.4, -0.2) is 9.85 Å². The van der Waals surface area contributed by atoms with Gasteiger partial charge in [0.15, 0.2) is 6.19 Å². The molecule has 0 aromatic heterocycles. The molecule has 0 saturated heterocycles. The van der Waals surface area contributed by atoms with E-state index in [9.17, 15) is 20.2 Å². The molecule has 16 heavy (non-hydrogen) atoms. The Kier molecular flexibility index (Phi) is 3.22. The summed E-state index contributed by atoms with van der Waals surface area (Å²) in [7, 11) is 0. The van der Waals surface area contributed by atoms with Gasteiger partial charge in [-0.1, -0.05) is 11.6 Å². The van der Waals surface area contributed by atoms with Crippen molar-refractivity contribution in [2.45, 2.75) is 0 Å². The van der Waals surface area contributed by atoms with Crippen molar-refractivity contribution in [1.29, 1.82) is 5.26 Å². The van der Waals surface area contributed by atoms with Gasteiger partial charge in [0.25, 0.3) is 5.69 Å². The zero-order valence-electron chi connectivity index (χ0n) is 7.51. The fourth-order valence-corrected chi connectivity index (χ4v) is 1.26. The lowest BCUT2D eigenvalue weighted by Crippen LogP contribution is -1.99. The minimum Gasteiger partial charge on any atom is -0.285 e. The molecule has 0 heterocycles. The molecular formula is C7H3ClN4O4. The van der Waals surface area contributed by atoms with Crippen molar-refractivity contribution in [3.63, 3.8) is 0 Å². The Morgan fingerprint density at radius 1 is 1.31 bits per heavy atom. The van der Waals surface area contributed by atoms with Gasteiger partial charge in [-0.05, 0) is 0 Å². The van der Waals surface area contributed by atoms with Crippen LogP contribution in [0.25, 0.3) is 0 Å². The van der Waals surface area contributed by atoms with E-state index in [4.69, 9.17) is 16.9 Å². The molecule has 0 aliphatic carbocycles. The molecule has 9 heteroatoms. The fourth-order valence-electron chi connectivity index (χ4n) is 1.01. The van der Waals surface area contributed by atoms with Crippen LogP contribution in [0.1, 0.15) is 0 Å². The van der Waals surface area contributed by atoms with Gasteiger partial charge in [-0.15, -0.1) is 0 Å². The van der Waals surface area contributed by atoms with Crippen LogP contribution in [-0.2, 0) is 0 Å². The Bertz CT molecular complexity index is 510. The maximum Gasteiger partial charge on any atom is 0.301 e. The number of hydrogen-bond donors (Lipinski definition) is 1. The third-order valence-electron chi connectivity index (χ3n) is 1.64. The summed E-state index contributed by atoms with van der Waals surface area (Å²) in [5.41, 5.74) is -1.40. The summed E-state index contributed by atoms with van der Waals surface area (Å²) < 4.78 is 0. The maximum atomic E-state index is 10.6. The summed E-state index contributed by atoms with van der Waals surface area (Å²) in [5.74, 6) is 0. The van der Waals surface area contributed by atoms with Crippen LogP contribution in [0, 0.1) is 31.7 Å². The third kappa shape index (κ3) is 2.15. The molecule has 0 bridgehead atoms. The number of nitrogens with zero attached hydrogens (tertiary/aromatic N) is 3. The second kappa shape index (κ2) is 4.41. The molecule has 0 radical (unpaired) electrons. The van der Waals surface area contributed by atoms with Crippen molar-refractivity contribution < 1.29 is 9.85 Å². The van der Waals surface area contributed by atoms with Crippen molar-refractivity contribution in [3.8, 4) is 6.19 Å². The van der Waals surface area contributed by atoms with Crippen molar-refractivity contribution in [2.75, 3.05) is 5.32 Å². The minimum absolute atomic E-state index is 0.262. The van der Waals surface area contributed by atoms with Crippen molar-refractivity contribution in [2.24, 2.45) is 0 Å². The Labute approximate surface area is 93.3 Å². The lowest BCUT2D eigenvalue weighted by molar-refractivity contribution is -0.393. The zero-order chi connectivity index (χ0) is 12.3. The van der Waals surface area contributed by atoms with Gasteiger partial charge in [-0.3, -0.25) is 25.5 Å². The smallest absolute Gasteiger partial charge is 0.285 e. The molecule has 0 spiro atoms. The third-order valence-corrected chi connectivity index (χ3v) is 1.94. The average molecular weight is 243 g/mol. The highest BCUT2D eigenvalue weighted by Gasteiger charge is 2.23. The first-order valence-corrected chi connectivity index (χ1v) is 4.12. The Morgan fingerprint density at radius 2 is 1.94 bits per heavy atom. The van der Waals surface area contributed by atoms with Crippen molar-refractivity contribution in [3.05, 3.63) is 37.4 Å². The van der Waals surface area contributed by atoms with E-state index in [0.717, 1.165) is 12.1 Å². The zero-order valence-corrected chi connectivity index (χ0v) is 8.26. The highest BCUT2D eigenvalue weighted by atomic mass is 35.5. The standard InChI is InChI=1S/C7H3ClN4O4/c8-5-1-4(11(13)14)2-6(12(15)16)7(5)10-3-9/h1-2,10H. The minimum atomic E-state index is -0.863. The molecule has 0 amide bonds. The van der Waals surface area contributed by atoms with Gasteiger partial charge < -0.3 is 0 Å². The summed E-state index contributed by atoms with van der Waals surface area (Å²) in [5, 5.41) is 31.1. The number of rotatable bonds is 3. The molecule has 0 atom stereocenters. The van der Waals surface area contributed by atoms with Gasteiger partial charge >= 0.3 is 5.69 Å². The molecule has 1 rings (SSSR count). The van der Waals surface area contributed by atoms with E-state index < -0.39 is 21.2 Å². The van der Waals surface area contributed by atoms with E-state index in [0.29, 0.717) is 0 Å². The lowest BCUT2D eigenvalue weighted by atomic mass is 10.2. The number of hydrogen-bond acceptors (Lipinski definition) is 6. The van der Waals surface area contributed by atoms with Crippen LogP contribution in [0.2, 0.25) is 5.02 Å². The molecule has 0 aliphatic rings. The number of benzene rings is 1. The van der Waals surface area contributed by atoms with Crippen LogP contribution in [0.15, 0.2) is 12.1 Å². The summed E-state index contributed by atoms with van der Waals surface area (Å²) in [4.78, 5) is 19.4. The predicted molar refractivity (Wildman–Crippen MR) is 54.0 cm³/mol. The van der Waals surface area contributed by atoms with E-state index >= 15 is 0 Å². The summed E-state index contributed by atoms with van der Waals surface area (Å²) >= 11 is 5.58. The summed E-state index contributed by atoms with van der Waals surface area (Å²) in [6.45, 7) is 0. The van der Waals surface area contributed by atoms with Gasteiger partial charge in [0.1, 0.15) is 5.69 Å². The molecule has 1 N–H and O–H groups in total. The number of non-ortho nitro benzene ring substituents is 1. The van der Waals surface area contributed by atoms with Crippen LogP contribution in [0.3, 0.4) is 0 Å². The number of anilines is 1. The largest absolute Gasteiger partial charge is 0.301 e. The average Bonchev–Trinajstić information content (AvgIpc) is 2.20. The molecule has 0 unspecified atom stereocenters. The molecular weight excluding hydrogens is 240 g/mol. The Balaban J connectivity index is 3.46. The Morgan fingerprint density at radius 3 is 2.38 bits per heavy atom. The first-order valence-electron chi connectivity index (χ1n) is 3.74. The molecule has 8 nitrogen and oxygen atoms in total. The van der Waals surface area contributed by atoms with Gasteiger partial charge in [0.2, 0.25) is 0 Å². The number of nitro benzene ring substituents is 2. The number of nitro groups is 2. The van der Waals surface area contributed by atoms with Crippen LogP contribution in [0.5, 0.6) is 0 Å². The normalized spacial score (nSPS) is 9.25. The predicted octanol–water partition coefficient (Wildman–Crippen LogP) is 2.05. The molecule has 82 valence electrons. The summed E-state index contributed by atoms with van der Waals surface area (Å²) in [6, 6.07) is 1.65. The summed E-state index contributed by atoms with van der Waals surface area (Å²) in [6.07, 6.45) is 1.46. The molecule has 0 saturated carbocycles. The van der Waals surface area contributed by atoms with Crippen molar-refractivity contribution in [1.82, 2.24) is 0 Å². The first-order chi connectivity index (χ1) is 7.47. The van der Waals surface area contributed by atoms with Crippen molar-refractivity contribution >= 4 is 28.7 Å². The highest BCUT2D eigenvalue weighted by molar-refractivity contribution is 6.34. The lowest BCUT2D eigenvalue weighted by Gasteiger charge is -2.02. The van der Waals surface area contributed by atoms with E-state index in [1.165, 1.54) is 6.19 Å². The number of halogens is 1. The van der Waals surface area contributed by atoms with Gasteiger partial charge in [0, 0.05) is 6.07 Å². The SMILES string of the molecule is N#CNc1c(Cl)cc([N+](=O)[O-])cc1[N+](=O)[O-]. The monoisotopic (exact) mass is 242 g/mol. The van der Waals surface area contributed by atoms with Gasteiger partial charge in [0.05, 0.1) is 20.9 Å². The molecule has 1 aromatic carbocycles. The van der Waals surface area contributed by atoms with E-state index in [-0.39, 0.29) is 10.7 Å². The second-order valence-corrected chi connectivity index (χ2v) is 2.98. The topological polar surface area (TPSA) is 122 Å².